The molecule has 4 heteroatoms. The lowest BCUT2D eigenvalue weighted by Gasteiger charge is -2.14. The minimum Gasteiger partial charge on any atom is -0.306 e. The second-order valence-electron chi connectivity index (χ2n) is 4.14. The maximum absolute atomic E-state index is 13.0. The van der Waals surface area contributed by atoms with Crippen molar-refractivity contribution in [1.82, 2.24) is 10.3 Å². The Balaban J connectivity index is 1.97. The molecule has 1 unspecified atom stereocenters. The largest absolute Gasteiger partial charge is 0.306 e. The molecule has 0 saturated heterocycles. The number of hydrogen-bond donors (Lipinski definition) is 1. The van der Waals surface area contributed by atoms with Crippen molar-refractivity contribution < 1.29 is 4.39 Å². The van der Waals surface area contributed by atoms with Crippen LogP contribution >= 0.6 is 11.6 Å². The molecule has 0 aliphatic heterocycles. The molecule has 1 atom stereocenters. The molecule has 1 aromatic heterocycles. The molecule has 0 aliphatic rings. The van der Waals surface area contributed by atoms with Gasteiger partial charge in [-0.2, -0.15) is 0 Å². The average molecular weight is 265 g/mol. The van der Waals surface area contributed by atoms with Crippen LogP contribution in [-0.2, 0) is 6.54 Å². The molecule has 1 N–H and O–H groups in total. The molecule has 0 radical (unpaired) electrons. The molecular weight excluding hydrogens is 251 g/mol. The molecule has 0 aliphatic carbocycles. The van der Waals surface area contributed by atoms with E-state index in [2.05, 4.69) is 17.2 Å². The van der Waals surface area contributed by atoms with E-state index in [1.165, 1.54) is 6.07 Å². The van der Waals surface area contributed by atoms with Crippen LogP contribution in [0, 0.1) is 5.82 Å². The predicted octanol–water partition coefficient (Wildman–Crippen LogP) is 3.72. The van der Waals surface area contributed by atoms with Gasteiger partial charge in [-0.25, -0.2) is 4.39 Å². The number of benzene rings is 1. The Morgan fingerprint density at radius 1 is 1.39 bits per heavy atom. The molecule has 0 amide bonds. The van der Waals surface area contributed by atoms with Gasteiger partial charge in [0.1, 0.15) is 5.82 Å². The van der Waals surface area contributed by atoms with Gasteiger partial charge in [0.05, 0.1) is 5.02 Å². The van der Waals surface area contributed by atoms with Crippen LogP contribution in [-0.4, -0.2) is 4.98 Å². The first-order valence-corrected chi connectivity index (χ1v) is 6.12. The number of rotatable bonds is 4. The van der Waals surface area contributed by atoms with E-state index >= 15 is 0 Å². The molecule has 0 fully saturated rings. The number of nitrogens with zero attached hydrogens (tertiary/aromatic N) is 1. The van der Waals surface area contributed by atoms with Crippen molar-refractivity contribution in [2.24, 2.45) is 0 Å². The van der Waals surface area contributed by atoms with Crippen molar-refractivity contribution in [3.8, 4) is 0 Å². The third-order valence-electron chi connectivity index (χ3n) is 2.78. The highest BCUT2D eigenvalue weighted by atomic mass is 35.5. The Bertz CT molecular complexity index is 516. The molecule has 2 nitrogen and oxygen atoms in total. The molecule has 0 spiro atoms. The standard InChI is InChI=1S/C14H14ClFN2/c1-10(12-3-2-6-17-9-12)18-8-11-4-5-14(16)13(15)7-11/h2-7,9-10,18H,8H2,1H3. The van der Waals surface area contributed by atoms with Crippen molar-refractivity contribution in [2.45, 2.75) is 19.5 Å². The SMILES string of the molecule is CC(NCc1ccc(F)c(Cl)c1)c1cccnc1. The van der Waals surface area contributed by atoms with Crippen LogP contribution in [0.4, 0.5) is 4.39 Å². The lowest BCUT2D eigenvalue weighted by Crippen LogP contribution is -2.18. The fourth-order valence-electron chi connectivity index (χ4n) is 1.67. The van der Waals surface area contributed by atoms with Gasteiger partial charge < -0.3 is 5.32 Å². The molecule has 0 bridgehead atoms. The van der Waals surface area contributed by atoms with Crippen molar-refractivity contribution in [2.75, 3.05) is 0 Å². The van der Waals surface area contributed by atoms with Crippen molar-refractivity contribution in [3.05, 3.63) is 64.7 Å². The van der Waals surface area contributed by atoms with Gasteiger partial charge in [-0.1, -0.05) is 23.7 Å². The molecule has 1 heterocycles. The van der Waals surface area contributed by atoms with Gasteiger partial charge in [0.2, 0.25) is 0 Å². The third-order valence-corrected chi connectivity index (χ3v) is 3.07. The highest BCUT2D eigenvalue weighted by molar-refractivity contribution is 6.30. The number of hydrogen-bond acceptors (Lipinski definition) is 2. The van der Waals surface area contributed by atoms with Crippen LogP contribution in [0.5, 0.6) is 0 Å². The van der Waals surface area contributed by atoms with Crippen LogP contribution in [0.3, 0.4) is 0 Å². The van der Waals surface area contributed by atoms with E-state index in [4.69, 9.17) is 11.6 Å². The highest BCUT2D eigenvalue weighted by Gasteiger charge is 2.05. The summed E-state index contributed by atoms with van der Waals surface area (Å²) in [6.45, 7) is 2.69. The van der Waals surface area contributed by atoms with Crippen LogP contribution in [0.25, 0.3) is 0 Å². The van der Waals surface area contributed by atoms with E-state index in [0.717, 1.165) is 11.1 Å². The molecular formula is C14H14ClFN2. The first-order valence-electron chi connectivity index (χ1n) is 5.74. The quantitative estimate of drug-likeness (QED) is 0.910. The van der Waals surface area contributed by atoms with Crippen LogP contribution in [0.2, 0.25) is 5.02 Å². The summed E-state index contributed by atoms with van der Waals surface area (Å²) in [7, 11) is 0. The smallest absolute Gasteiger partial charge is 0.141 e. The zero-order valence-corrected chi connectivity index (χ0v) is 10.8. The zero-order valence-electron chi connectivity index (χ0n) is 10.0. The van der Waals surface area contributed by atoms with Crippen molar-refractivity contribution in [3.63, 3.8) is 0 Å². The lowest BCUT2D eigenvalue weighted by atomic mass is 10.1. The van der Waals surface area contributed by atoms with Crippen molar-refractivity contribution >= 4 is 11.6 Å². The second-order valence-corrected chi connectivity index (χ2v) is 4.54. The van der Waals surface area contributed by atoms with Gasteiger partial charge in [-0.15, -0.1) is 0 Å². The van der Waals surface area contributed by atoms with Crippen LogP contribution in [0.1, 0.15) is 24.1 Å². The summed E-state index contributed by atoms with van der Waals surface area (Å²) in [6.07, 6.45) is 3.57. The summed E-state index contributed by atoms with van der Waals surface area (Å²) in [5.74, 6) is -0.388. The van der Waals surface area contributed by atoms with Gasteiger partial charge in [0.25, 0.3) is 0 Å². The fraction of sp³-hybridized carbons (Fsp3) is 0.214. The number of halogens is 2. The Morgan fingerprint density at radius 2 is 2.22 bits per heavy atom. The topological polar surface area (TPSA) is 24.9 Å². The Labute approximate surface area is 111 Å². The molecule has 0 saturated carbocycles. The average Bonchev–Trinajstić information content (AvgIpc) is 2.41. The molecule has 94 valence electrons. The lowest BCUT2D eigenvalue weighted by molar-refractivity contribution is 0.571. The molecule has 2 rings (SSSR count). The van der Waals surface area contributed by atoms with E-state index in [1.54, 1.807) is 18.3 Å². The summed E-state index contributed by atoms with van der Waals surface area (Å²) in [5, 5.41) is 3.50. The van der Waals surface area contributed by atoms with E-state index < -0.39 is 0 Å². The second kappa shape index (κ2) is 5.94. The Kier molecular flexibility index (Phi) is 4.28. The summed E-state index contributed by atoms with van der Waals surface area (Å²) in [5.41, 5.74) is 2.07. The van der Waals surface area contributed by atoms with Gasteiger partial charge in [0.15, 0.2) is 0 Å². The zero-order chi connectivity index (χ0) is 13.0. The summed E-state index contributed by atoms with van der Waals surface area (Å²) >= 11 is 5.73. The first kappa shape index (κ1) is 13.0. The van der Waals surface area contributed by atoms with E-state index in [1.807, 2.05) is 18.3 Å². The minimum absolute atomic E-state index is 0.156. The molecule has 1 aromatic carbocycles. The van der Waals surface area contributed by atoms with Gasteiger partial charge in [-0.05, 0) is 36.2 Å². The van der Waals surface area contributed by atoms with Crippen LogP contribution < -0.4 is 5.32 Å². The van der Waals surface area contributed by atoms with Gasteiger partial charge >= 0.3 is 0 Å². The third kappa shape index (κ3) is 3.28. The van der Waals surface area contributed by atoms with E-state index in [-0.39, 0.29) is 16.9 Å². The number of nitrogens with one attached hydrogen (secondary N) is 1. The summed E-state index contributed by atoms with van der Waals surface area (Å²) in [4.78, 5) is 4.08. The summed E-state index contributed by atoms with van der Waals surface area (Å²) in [6, 6.07) is 8.85. The van der Waals surface area contributed by atoms with Gasteiger partial charge in [-0.3, -0.25) is 4.98 Å². The number of pyridine rings is 1. The molecule has 2 aromatic rings. The van der Waals surface area contributed by atoms with Crippen LogP contribution in [0.15, 0.2) is 42.7 Å². The van der Waals surface area contributed by atoms with Gasteiger partial charge in [0, 0.05) is 25.0 Å². The minimum atomic E-state index is -0.388. The monoisotopic (exact) mass is 264 g/mol. The fourth-order valence-corrected chi connectivity index (χ4v) is 1.87. The van der Waals surface area contributed by atoms with E-state index in [0.29, 0.717) is 6.54 Å². The molecule has 18 heavy (non-hydrogen) atoms. The maximum atomic E-state index is 13.0. The predicted molar refractivity (Wildman–Crippen MR) is 70.9 cm³/mol. The first-order chi connectivity index (χ1) is 8.66. The normalized spacial score (nSPS) is 12.4. The Hall–Kier alpha value is -1.45. The number of aromatic nitrogens is 1. The van der Waals surface area contributed by atoms with E-state index in [9.17, 15) is 4.39 Å². The highest BCUT2D eigenvalue weighted by Crippen LogP contribution is 2.17. The Morgan fingerprint density at radius 3 is 2.89 bits per heavy atom. The summed E-state index contributed by atoms with van der Waals surface area (Å²) < 4.78 is 13.0. The van der Waals surface area contributed by atoms with Crippen molar-refractivity contribution in [1.29, 1.82) is 0 Å². The maximum Gasteiger partial charge on any atom is 0.141 e.